The van der Waals surface area contributed by atoms with E-state index in [2.05, 4.69) is 35.6 Å². The molecule has 0 amide bonds. The van der Waals surface area contributed by atoms with Gasteiger partial charge in [0.25, 0.3) is 0 Å². The van der Waals surface area contributed by atoms with Gasteiger partial charge in [0.1, 0.15) is 16.5 Å². The molecule has 2 atom stereocenters. The molecule has 3 fully saturated rings. The Labute approximate surface area is 170 Å². The molecule has 3 saturated heterocycles. The molecule has 8 heteroatoms. The lowest BCUT2D eigenvalue weighted by Gasteiger charge is -2.33. The molecule has 0 aliphatic carbocycles. The molecule has 2 aromatic rings. The largest absolute Gasteiger partial charge is 0.379 e. The minimum absolute atomic E-state index is 0.270. The van der Waals surface area contributed by atoms with Crippen LogP contribution < -0.4 is 4.90 Å². The Morgan fingerprint density at radius 1 is 1.07 bits per heavy atom. The SMILES string of the molecule is Cc1sc2nc(CN3CCOCC3)nc(N3CC4OCCN(C)C4C3)c2c1C. The van der Waals surface area contributed by atoms with Crippen LogP contribution in [0.3, 0.4) is 0 Å². The molecule has 0 N–H and O–H groups in total. The van der Waals surface area contributed by atoms with Crippen molar-refractivity contribution in [1.29, 1.82) is 0 Å². The molecule has 0 bridgehead atoms. The number of rotatable bonds is 3. The summed E-state index contributed by atoms with van der Waals surface area (Å²) in [7, 11) is 2.21. The first-order valence-electron chi connectivity index (χ1n) is 10.2. The summed E-state index contributed by atoms with van der Waals surface area (Å²) in [6, 6.07) is 0.446. The summed E-state index contributed by atoms with van der Waals surface area (Å²) in [6.07, 6.45) is 0.270. The molecule has 0 radical (unpaired) electrons. The van der Waals surface area contributed by atoms with Crippen LogP contribution in [-0.2, 0) is 16.0 Å². The molecule has 152 valence electrons. The molecule has 2 unspecified atom stereocenters. The van der Waals surface area contributed by atoms with Crippen molar-refractivity contribution >= 4 is 27.4 Å². The van der Waals surface area contributed by atoms with Crippen LogP contribution >= 0.6 is 11.3 Å². The summed E-state index contributed by atoms with van der Waals surface area (Å²) >= 11 is 1.79. The molecule has 28 heavy (non-hydrogen) atoms. The third-order valence-corrected chi connectivity index (χ3v) is 7.50. The summed E-state index contributed by atoms with van der Waals surface area (Å²) in [4.78, 5) is 19.8. The van der Waals surface area contributed by atoms with E-state index >= 15 is 0 Å². The van der Waals surface area contributed by atoms with Crippen molar-refractivity contribution in [3.8, 4) is 0 Å². The highest BCUT2D eigenvalue weighted by Crippen LogP contribution is 2.37. The van der Waals surface area contributed by atoms with E-state index in [1.165, 1.54) is 15.8 Å². The Kier molecular flexibility index (Phi) is 5.00. The number of hydrogen-bond donors (Lipinski definition) is 0. The summed E-state index contributed by atoms with van der Waals surface area (Å²) in [6.45, 7) is 12.4. The summed E-state index contributed by atoms with van der Waals surface area (Å²) in [5, 5.41) is 1.23. The second-order valence-corrected chi connectivity index (χ2v) is 9.38. The van der Waals surface area contributed by atoms with Gasteiger partial charge in [-0.05, 0) is 26.5 Å². The van der Waals surface area contributed by atoms with E-state index in [0.29, 0.717) is 6.04 Å². The maximum absolute atomic E-state index is 6.08. The zero-order valence-corrected chi connectivity index (χ0v) is 17.8. The number of hydrogen-bond acceptors (Lipinski definition) is 8. The predicted octanol–water partition coefficient (Wildman–Crippen LogP) is 1.66. The summed E-state index contributed by atoms with van der Waals surface area (Å²) < 4.78 is 11.6. The lowest BCUT2D eigenvalue weighted by atomic mass is 10.1. The van der Waals surface area contributed by atoms with Crippen molar-refractivity contribution in [2.45, 2.75) is 32.5 Å². The fourth-order valence-corrected chi connectivity index (χ4v) is 5.60. The average Bonchev–Trinajstić information content (AvgIpc) is 3.25. The number of ether oxygens (including phenoxy) is 2. The lowest BCUT2D eigenvalue weighted by Crippen LogP contribution is -2.48. The number of thiophene rings is 1. The highest BCUT2D eigenvalue weighted by molar-refractivity contribution is 7.18. The first-order valence-corrected chi connectivity index (χ1v) is 11.1. The van der Waals surface area contributed by atoms with Crippen molar-refractivity contribution in [1.82, 2.24) is 19.8 Å². The first kappa shape index (κ1) is 18.7. The Morgan fingerprint density at radius 3 is 2.68 bits per heavy atom. The third-order valence-electron chi connectivity index (χ3n) is 6.40. The molecule has 2 aromatic heterocycles. The van der Waals surface area contributed by atoms with Crippen LogP contribution in [0.5, 0.6) is 0 Å². The molecule has 3 aliphatic rings. The van der Waals surface area contributed by atoms with E-state index < -0.39 is 0 Å². The van der Waals surface area contributed by atoms with Gasteiger partial charge >= 0.3 is 0 Å². The monoisotopic (exact) mass is 403 g/mol. The first-order chi connectivity index (χ1) is 13.6. The van der Waals surface area contributed by atoms with Gasteiger partial charge in [-0.15, -0.1) is 11.3 Å². The van der Waals surface area contributed by atoms with Gasteiger partial charge in [0.05, 0.1) is 43.9 Å². The van der Waals surface area contributed by atoms with Gasteiger partial charge < -0.3 is 14.4 Å². The highest BCUT2D eigenvalue weighted by atomic mass is 32.1. The molecule has 0 aromatic carbocycles. The Morgan fingerprint density at radius 2 is 1.89 bits per heavy atom. The second kappa shape index (κ2) is 7.50. The molecule has 5 heterocycles. The van der Waals surface area contributed by atoms with Crippen LogP contribution in [0, 0.1) is 13.8 Å². The second-order valence-electron chi connectivity index (χ2n) is 8.18. The molecule has 5 rings (SSSR count). The van der Waals surface area contributed by atoms with Crippen LogP contribution in [0.2, 0.25) is 0 Å². The van der Waals surface area contributed by atoms with E-state index in [4.69, 9.17) is 19.4 Å². The van der Waals surface area contributed by atoms with Crippen molar-refractivity contribution in [2.24, 2.45) is 0 Å². The van der Waals surface area contributed by atoms with Crippen molar-refractivity contribution in [2.75, 3.05) is 64.5 Å². The minimum Gasteiger partial charge on any atom is -0.379 e. The van der Waals surface area contributed by atoms with Crippen molar-refractivity contribution in [3.05, 3.63) is 16.3 Å². The molecular formula is C20H29N5O2S. The number of anilines is 1. The van der Waals surface area contributed by atoms with Crippen LogP contribution in [0.1, 0.15) is 16.3 Å². The van der Waals surface area contributed by atoms with E-state index in [0.717, 1.165) is 75.6 Å². The molecule has 0 spiro atoms. The van der Waals surface area contributed by atoms with E-state index in [-0.39, 0.29) is 6.10 Å². The number of aromatic nitrogens is 2. The lowest BCUT2D eigenvalue weighted by molar-refractivity contribution is -0.0362. The van der Waals surface area contributed by atoms with Gasteiger partial charge in [-0.25, -0.2) is 9.97 Å². The van der Waals surface area contributed by atoms with Gasteiger partial charge in [-0.1, -0.05) is 0 Å². The van der Waals surface area contributed by atoms with E-state index in [9.17, 15) is 0 Å². The molecule has 7 nitrogen and oxygen atoms in total. The molecule has 0 saturated carbocycles. The van der Waals surface area contributed by atoms with Gasteiger partial charge in [0.15, 0.2) is 0 Å². The Bertz CT molecular complexity index is 866. The Hall–Kier alpha value is -1.32. The fourth-order valence-electron chi connectivity index (χ4n) is 4.56. The smallest absolute Gasteiger partial charge is 0.146 e. The van der Waals surface area contributed by atoms with E-state index in [1.54, 1.807) is 11.3 Å². The van der Waals surface area contributed by atoms with Crippen molar-refractivity contribution < 1.29 is 9.47 Å². The minimum atomic E-state index is 0.270. The van der Waals surface area contributed by atoms with Gasteiger partial charge in [0, 0.05) is 37.6 Å². The van der Waals surface area contributed by atoms with E-state index in [1.807, 2.05) is 0 Å². The number of nitrogens with zero attached hydrogens (tertiary/aromatic N) is 5. The zero-order valence-electron chi connectivity index (χ0n) is 17.0. The van der Waals surface area contributed by atoms with Crippen LogP contribution in [-0.4, -0.2) is 91.5 Å². The standard InChI is InChI=1S/C20H29N5O2S/c1-13-14(2)28-20-18(13)19(21-17(22-20)12-24-5-7-26-8-6-24)25-10-15-16(11-25)27-9-4-23(15)3/h15-16H,4-12H2,1-3H3. The quantitative estimate of drug-likeness (QED) is 0.773. The van der Waals surface area contributed by atoms with Gasteiger partial charge in [0.2, 0.25) is 0 Å². The van der Waals surface area contributed by atoms with Gasteiger partial charge in [-0.3, -0.25) is 9.80 Å². The topological polar surface area (TPSA) is 54.0 Å². The fraction of sp³-hybridized carbons (Fsp3) is 0.700. The van der Waals surface area contributed by atoms with Crippen molar-refractivity contribution in [3.63, 3.8) is 0 Å². The number of likely N-dealkylation sites (N-methyl/N-ethyl adjacent to an activating group) is 1. The normalized spacial score (nSPS) is 26.9. The van der Waals surface area contributed by atoms with Crippen LogP contribution in [0.15, 0.2) is 0 Å². The summed E-state index contributed by atoms with van der Waals surface area (Å²) in [5.41, 5.74) is 1.32. The highest BCUT2D eigenvalue weighted by Gasteiger charge is 2.40. The van der Waals surface area contributed by atoms with Crippen LogP contribution in [0.25, 0.3) is 10.2 Å². The zero-order chi connectivity index (χ0) is 19.3. The van der Waals surface area contributed by atoms with Gasteiger partial charge in [-0.2, -0.15) is 0 Å². The predicted molar refractivity (Wildman–Crippen MR) is 111 cm³/mol. The average molecular weight is 404 g/mol. The molecule has 3 aliphatic heterocycles. The Balaban J connectivity index is 1.51. The number of morpholine rings is 2. The molecular weight excluding hydrogens is 374 g/mol. The maximum atomic E-state index is 6.08. The number of fused-ring (bicyclic) bond motifs is 2. The maximum Gasteiger partial charge on any atom is 0.146 e. The third kappa shape index (κ3) is 3.31. The van der Waals surface area contributed by atoms with Crippen LogP contribution in [0.4, 0.5) is 5.82 Å². The summed E-state index contributed by atoms with van der Waals surface area (Å²) in [5.74, 6) is 2.02. The number of aryl methyl sites for hydroxylation is 2.